The summed E-state index contributed by atoms with van der Waals surface area (Å²) < 4.78 is 0. The fraction of sp³-hybridized carbons (Fsp3) is 0.947. The number of nitrogens with one attached hydrogen (secondary N) is 4. The predicted molar refractivity (Wildman–Crippen MR) is 407 cm³/mol. The van der Waals surface area contributed by atoms with Crippen LogP contribution in [0, 0.1) is 0 Å². The summed E-state index contributed by atoms with van der Waals surface area (Å²) in [6, 6.07) is 0. The van der Waals surface area contributed by atoms with E-state index < -0.39 is 0 Å². The van der Waals surface area contributed by atoms with Gasteiger partial charge in [0.1, 0.15) is 0 Å². The lowest BCUT2D eigenvalue weighted by Crippen LogP contribution is -2.37. The second kappa shape index (κ2) is 69.5. The second-order valence-electron chi connectivity index (χ2n) is 26.9. The highest BCUT2D eigenvalue weighted by Crippen LogP contribution is 2.22. The van der Waals surface area contributed by atoms with E-state index in [4.69, 9.17) is 0 Å². The van der Waals surface area contributed by atoms with Crippen molar-refractivity contribution in [2.45, 2.75) is 346 Å². The molecule has 11 nitrogen and oxygen atoms in total. The summed E-state index contributed by atoms with van der Waals surface area (Å²) in [5.41, 5.74) is 0. The number of carbonyl (C=O) groups is 4. The van der Waals surface area contributed by atoms with Crippen LogP contribution < -0.4 is 21.3 Å². The smallest absolute Gasteiger partial charge is 0.221 e. The normalized spacial score (nSPS) is 13.1. The maximum absolute atomic E-state index is 13.2. The van der Waals surface area contributed by atoms with Crippen LogP contribution in [-0.4, -0.2) is 168 Å². The lowest BCUT2D eigenvalue weighted by atomic mass is 10.1. The molecule has 0 saturated carbocycles. The van der Waals surface area contributed by atoms with Crippen LogP contribution in [0.1, 0.15) is 325 Å². The second-order valence-corrected chi connectivity index (χ2v) is 33.1. The molecule has 0 aliphatic rings. The molecule has 0 aliphatic carbocycles. The molecule has 4 atom stereocenters. The van der Waals surface area contributed by atoms with Crippen molar-refractivity contribution in [2.24, 2.45) is 0 Å². The van der Waals surface area contributed by atoms with Crippen LogP contribution in [0.3, 0.4) is 0 Å². The summed E-state index contributed by atoms with van der Waals surface area (Å²) in [4.78, 5) is 59.8. The van der Waals surface area contributed by atoms with Crippen molar-refractivity contribution in [1.29, 1.82) is 0 Å². The third-order valence-corrected chi connectivity index (χ3v) is 22.8. The zero-order chi connectivity index (χ0) is 66.0. The third kappa shape index (κ3) is 65.8. The van der Waals surface area contributed by atoms with Crippen LogP contribution in [0.4, 0.5) is 0 Å². The van der Waals surface area contributed by atoms with E-state index in [-0.39, 0.29) is 23.6 Å². The molecule has 15 heteroatoms. The van der Waals surface area contributed by atoms with Crippen molar-refractivity contribution in [3.8, 4) is 0 Å². The molecule has 0 aliphatic heterocycles. The topological polar surface area (TPSA) is 126 Å². The van der Waals surface area contributed by atoms with E-state index in [2.05, 4.69) is 98.4 Å². The van der Waals surface area contributed by atoms with Gasteiger partial charge in [0.2, 0.25) is 23.6 Å². The maximum Gasteiger partial charge on any atom is 0.221 e. The largest absolute Gasteiger partial charge is 0.355 e. The van der Waals surface area contributed by atoms with Gasteiger partial charge < -0.3 is 36.0 Å². The molecule has 0 radical (unpaired) electrons. The van der Waals surface area contributed by atoms with Gasteiger partial charge in [-0.3, -0.25) is 19.2 Å². The van der Waals surface area contributed by atoms with Crippen LogP contribution in [-0.2, 0) is 19.2 Å². The zero-order valence-corrected chi connectivity index (χ0v) is 64.2. The zero-order valence-electron chi connectivity index (χ0n) is 60.9. The molecule has 0 aromatic rings. The minimum absolute atomic E-state index is 0.0944. The van der Waals surface area contributed by atoms with Gasteiger partial charge in [0.25, 0.3) is 0 Å². The Morgan fingerprint density at radius 3 is 0.689 bits per heavy atom. The van der Waals surface area contributed by atoms with Gasteiger partial charge >= 0.3 is 0 Å². The van der Waals surface area contributed by atoms with Crippen LogP contribution in [0.25, 0.3) is 0 Å². The van der Waals surface area contributed by atoms with Gasteiger partial charge in [-0.1, -0.05) is 261 Å². The van der Waals surface area contributed by atoms with E-state index in [1.165, 1.54) is 231 Å². The van der Waals surface area contributed by atoms with E-state index in [1.807, 2.05) is 47.0 Å². The molecule has 0 heterocycles. The first-order chi connectivity index (χ1) is 43.8. The standard InChI is InChI=1S/C75H151N7O4S4/c1-10-14-18-22-26-30-34-38-44-68(5)87-64-52-76-72(83)48-60-81(61-49-73(84)77-53-65-88-69(6)45-39-35-31-27-23-19-15-11-2)58-42-56-80(9)57-43-59-82(62-50-74(85)78-54-66-89-70(7)46-40-36-32-28-24-20-16-12-3)63-51-75(86)79-55-67-90-71(8)47-41-37-33-29-25-21-17-13-4/h68-71H,10-67H2,1-9H3,(H,76,83)(H,77,84)(H,78,85)(H,79,86). The lowest BCUT2D eigenvalue weighted by molar-refractivity contribution is -0.123. The highest BCUT2D eigenvalue weighted by molar-refractivity contribution is 8.00. The van der Waals surface area contributed by atoms with Gasteiger partial charge in [-0.2, -0.15) is 47.0 Å². The van der Waals surface area contributed by atoms with Crippen molar-refractivity contribution < 1.29 is 19.2 Å². The Bertz CT molecular complexity index is 1360. The molecule has 0 aromatic heterocycles. The number of amides is 4. The summed E-state index contributed by atoms with van der Waals surface area (Å²) in [6.45, 7) is 27.3. The quantitative estimate of drug-likeness (QED) is 0.0435. The average Bonchev–Trinajstić information content (AvgIpc) is 3.73. The molecule has 0 spiro atoms. The fourth-order valence-corrected chi connectivity index (χ4v) is 15.5. The first-order valence-corrected chi connectivity index (χ1v) is 42.7. The summed E-state index contributed by atoms with van der Waals surface area (Å²) >= 11 is 7.91. The average molecular weight is 1340 g/mol. The summed E-state index contributed by atoms with van der Waals surface area (Å²) in [5.74, 6) is 4.14. The first kappa shape index (κ1) is 89.2. The molecule has 0 saturated heterocycles. The van der Waals surface area contributed by atoms with Gasteiger partial charge in [-0.15, -0.1) is 0 Å². The van der Waals surface area contributed by atoms with Crippen molar-refractivity contribution in [2.75, 3.05) is 109 Å². The van der Waals surface area contributed by atoms with Crippen molar-refractivity contribution >= 4 is 70.7 Å². The van der Waals surface area contributed by atoms with E-state index >= 15 is 0 Å². The van der Waals surface area contributed by atoms with Crippen molar-refractivity contribution in [3.05, 3.63) is 0 Å². The van der Waals surface area contributed by atoms with Gasteiger partial charge in [0.15, 0.2) is 0 Å². The van der Waals surface area contributed by atoms with Crippen LogP contribution in [0.2, 0.25) is 0 Å². The monoisotopic (exact) mass is 1340 g/mol. The molecule has 0 fully saturated rings. The van der Waals surface area contributed by atoms with Crippen LogP contribution >= 0.6 is 47.0 Å². The molecule has 90 heavy (non-hydrogen) atoms. The lowest BCUT2D eigenvalue weighted by Gasteiger charge is -2.25. The van der Waals surface area contributed by atoms with Crippen LogP contribution in [0.15, 0.2) is 0 Å². The molecule has 4 N–H and O–H groups in total. The molecule has 534 valence electrons. The van der Waals surface area contributed by atoms with E-state index in [0.717, 1.165) is 62.0 Å². The highest BCUT2D eigenvalue weighted by atomic mass is 32.2. The Morgan fingerprint density at radius 2 is 0.478 bits per heavy atom. The summed E-state index contributed by atoms with van der Waals surface area (Å²) in [6.07, 6.45) is 51.8. The molecular weight excluding hydrogens is 1190 g/mol. The maximum atomic E-state index is 13.2. The Morgan fingerprint density at radius 1 is 0.278 bits per heavy atom. The van der Waals surface area contributed by atoms with Crippen molar-refractivity contribution in [1.82, 2.24) is 36.0 Å². The third-order valence-electron chi connectivity index (χ3n) is 17.8. The summed E-state index contributed by atoms with van der Waals surface area (Å²) in [5, 5.41) is 15.2. The van der Waals surface area contributed by atoms with Crippen molar-refractivity contribution in [3.63, 3.8) is 0 Å². The number of hydrogen-bond donors (Lipinski definition) is 4. The van der Waals surface area contributed by atoms with Crippen LogP contribution in [0.5, 0.6) is 0 Å². The number of unbranched alkanes of at least 4 members (excludes halogenated alkanes) is 28. The Hall–Kier alpha value is -0.840. The van der Waals surface area contributed by atoms with Gasteiger partial charge in [-0.05, 0) is 71.8 Å². The first-order valence-electron chi connectivity index (χ1n) is 38.5. The number of carbonyl (C=O) groups excluding carboxylic acids is 4. The molecule has 4 unspecified atom stereocenters. The number of hydrogen-bond acceptors (Lipinski definition) is 11. The van der Waals surface area contributed by atoms with E-state index in [9.17, 15) is 19.2 Å². The Balaban J connectivity index is 5.29. The van der Waals surface area contributed by atoms with E-state index in [1.54, 1.807) is 0 Å². The molecule has 0 rings (SSSR count). The van der Waals surface area contributed by atoms with Gasteiger partial charge in [0.05, 0.1) is 0 Å². The molecule has 0 aromatic carbocycles. The van der Waals surface area contributed by atoms with Gasteiger partial charge in [0, 0.05) is 122 Å². The Kier molecular flexibility index (Phi) is 68.9. The minimum atomic E-state index is 0.0944. The summed E-state index contributed by atoms with van der Waals surface area (Å²) in [7, 11) is 2.18. The predicted octanol–water partition coefficient (Wildman–Crippen LogP) is 18.9. The highest BCUT2D eigenvalue weighted by Gasteiger charge is 2.16. The van der Waals surface area contributed by atoms with E-state index in [0.29, 0.717) is 99.0 Å². The molecule has 0 bridgehead atoms. The number of rotatable bonds is 72. The number of thioether (sulfide) groups is 4. The minimum Gasteiger partial charge on any atom is -0.355 e. The SMILES string of the molecule is CCCCCCCCCCC(C)SCCNC(=O)CCN(CCCN(C)CCCN(CCC(=O)NCCSC(C)CCCCCCCCCC)CCC(=O)NCCSC(C)CCCCCCCCCC)CCC(=O)NCCSC(C)CCCCCCCCCC. The molecule has 4 amide bonds. The Labute approximate surface area is 576 Å². The molecular formula is C75H151N7O4S4. The van der Waals surface area contributed by atoms with Gasteiger partial charge in [-0.25, -0.2) is 0 Å². The fourth-order valence-electron chi connectivity index (χ4n) is 11.7. The number of nitrogens with zero attached hydrogens (tertiary/aromatic N) is 3.